The molecule has 1 amide bonds. The van der Waals surface area contributed by atoms with Gasteiger partial charge in [0.15, 0.2) is 17.3 Å². The predicted molar refractivity (Wildman–Crippen MR) is 142 cm³/mol. The summed E-state index contributed by atoms with van der Waals surface area (Å²) in [5.41, 5.74) is 2.94. The molecule has 2 aromatic heterocycles. The minimum Gasteiger partial charge on any atom is -0.493 e. The molecule has 0 fully saturated rings. The molecular formula is C26H22Cl2N6O3. The molecule has 188 valence electrons. The molecule has 1 aliphatic heterocycles. The molecule has 0 aliphatic carbocycles. The molecule has 0 radical (unpaired) electrons. The number of allylic oxidation sites excluding steroid dienone is 1. The Balaban J connectivity index is 1.67. The van der Waals surface area contributed by atoms with Gasteiger partial charge >= 0.3 is 0 Å². The first-order valence-electron chi connectivity index (χ1n) is 11.2. The monoisotopic (exact) mass is 536 g/mol. The van der Waals surface area contributed by atoms with Crippen LogP contribution in [0.15, 0.2) is 72.2 Å². The van der Waals surface area contributed by atoms with Crippen LogP contribution in [0.2, 0.25) is 10.0 Å². The number of anilines is 2. The highest BCUT2D eigenvalue weighted by molar-refractivity contribution is 6.42. The summed E-state index contributed by atoms with van der Waals surface area (Å²) in [4.78, 5) is 22.5. The molecule has 0 saturated heterocycles. The zero-order valence-corrected chi connectivity index (χ0v) is 21.6. The first kappa shape index (κ1) is 24.6. The molecule has 0 spiro atoms. The average molecular weight is 537 g/mol. The number of amides is 1. The SMILES string of the molecule is COc1cccc(C2C(C(=O)Nc3cccnc3)=C(C)Nc3nc(-c4ccc(Cl)c(Cl)c4)nn32)c1OC. The lowest BCUT2D eigenvalue weighted by molar-refractivity contribution is -0.113. The zero-order chi connectivity index (χ0) is 26.1. The summed E-state index contributed by atoms with van der Waals surface area (Å²) in [6.07, 6.45) is 3.22. The van der Waals surface area contributed by atoms with Gasteiger partial charge in [-0.1, -0.05) is 35.3 Å². The van der Waals surface area contributed by atoms with Crippen LogP contribution in [0.4, 0.5) is 11.6 Å². The van der Waals surface area contributed by atoms with E-state index in [1.54, 1.807) is 67.7 Å². The fourth-order valence-corrected chi connectivity index (χ4v) is 4.55. The molecule has 1 atom stereocenters. The van der Waals surface area contributed by atoms with Gasteiger partial charge in [-0.05, 0) is 43.3 Å². The number of nitrogens with zero attached hydrogens (tertiary/aromatic N) is 4. The number of benzene rings is 2. The number of methoxy groups -OCH3 is 2. The molecule has 9 nitrogen and oxygen atoms in total. The van der Waals surface area contributed by atoms with Gasteiger partial charge < -0.3 is 20.1 Å². The second-order valence-electron chi connectivity index (χ2n) is 8.18. The van der Waals surface area contributed by atoms with Gasteiger partial charge in [0, 0.05) is 23.0 Å². The number of hydrogen-bond donors (Lipinski definition) is 2. The van der Waals surface area contributed by atoms with Crippen LogP contribution in [0.3, 0.4) is 0 Å². The number of halogens is 2. The van der Waals surface area contributed by atoms with Crippen LogP contribution >= 0.6 is 23.2 Å². The average Bonchev–Trinajstić information content (AvgIpc) is 3.33. The first-order valence-corrected chi connectivity index (χ1v) is 12.0. The fourth-order valence-electron chi connectivity index (χ4n) is 4.25. The van der Waals surface area contributed by atoms with Gasteiger partial charge in [-0.2, -0.15) is 4.98 Å². The van der Waals surface area contributed by atoms with E-state index >= 15 is 0 Å². The lowest BCUT2D eigenvalue weighted by Gasteiger charge is -2.29. The van der Waals surface area contributed by atoms with E-state index in [-0.39, 0.29) is 5.91 Å². The fraction of sp³-hybridized carbons (Fsp3) is 0.154. The number of fused-ring (bicyclic) bond motifs is 1. The number of aromatic nitrogens is 4. The van der Waals surface area contributed by atoms with Crippen molar-refractivity contribution >= 4 is 40.7 Å². The third kappa shape index (κ3) is 4.59. The Morgan fingerprint density at radius 1 is 1.08 bits per heavy atom. The molecule has 1 aliphatic rings. The van der Waals surface area contributed by atoms with E-state index in [1.165, 1.54) is 0 Å². The Hall–Kier alpha value is -4.08. The maximum atomic E-state index is 13.7. The second kappa shape index (κ2) is 10.1. The van der Waals surface area contributed by atoms with Crippen molar-refractivity contribution in [3.8, 4) is 22.9 Å². The molecule has 5 rings (SSSR count). The van der Waals surface area contributed by atoms with Crippen LogP contribution < -0.4 is 20.1 Å². The third-order valence-corrected chi connectivity index (χ3v) is 6.66. The summed E-state index contributed by atoms with van der Waals surface area (Å²) in [5.74, 6) is 1.54. The van der Waals surface area contributed by atoms with Gasteiger partial charge in [-0.3, -0.25) is 9.78 Å². The predicted octanol–water partition coefficient (Wildman–Crippen LogP) is 5.59. The third-order valence-electron chi connectivity index (χ3n) is 5.92. The number of carbonyl (C=O) groups is 1. The highest BCUT2D eigenvalue weighted by atomic mass is 35.5. The van der Waals surface area contributed by atoms with Gasteiger partial charge in [0.25, 0.3) is 5.91 Å². The van der Waals surface area contributed by atoms with Crippen molar-refractivity contribution in [2.75, 3.05) is 24.9 Å². The Labute approximate surface area is 223 Å². The maximum absolute atomic E-state index is 13.7. The van der Waals surface area contributed by atoms with Crippen LogP contribution in [-0.4, -0.2) is 39.9 Å². The summed E-state index contributed by atoms with van der Waals surface area (Å²) in [6.45, 7) is 1.81. The Kier molecular flexibility index (Phi) is 6.73. The van der Waals surface area contributed by atoms with Gasteiger partial charge in [0.2, 0.25) is 5.95 Å². The van der Waals surface area contributed by atoms with Crippen molar-refractivity contribution in [2.24, 2.45) is 0 Å². The summed E-state index contributed by atoms with van der Waals surface area (Å²) in [5, 5.41) is 11.7. The van der Waals surface area contributed by atoms with Crippen LogP contribution in [0.5, 0.6) is 11.5 Å². The molecule has 0 saturated carbocycles. The van der Waals surface area contributed by atoms with Crippen molar-refractivity contribution in [1.82, 2.24) is 19.7 Å². The molecule has 3 heterocycles. The normalized spacial score (nSPS) is 14.6. The van der Waals surface area contributed by atoms with E-state index in [4.69, 9.17) is 37.8 Å². The van der Waals surface area contributed by atoms with E-state index in [9.17, 15) is 4.79 Å². The number of para-hydroxylation sites is 1. The molecular weight excluding hydrogens is 515 g/mol. The van der Waals surface area contributed by atoms with Gasteiger partial charge in [0.05, 0.1) is 41.7 Å². The number of nitrogens with one attached hydrogen (secondary N) is 2. The smallest absolute Gasteiger partial charge is 0.255 e. The minimum absolute atomic E-state index is 0.329. The van der Waals surface area contributed by atoms with E-state index in [0.717, 1.165) is 0 Å². The molecule has 0 bridgehead atoms. The van der Waals surface area contributed by atoms with Gasteiger partial charge in [0.1, 0.15) is 6.04 Å². The number of pyridine rings is 1. The van der Waals surface area contributed by atoms with Gasteiger partial charge in [-0.15, -0.1) is 5.10 Å². The van der Waals surface area contributed by atoms with Crippen LogP contribution in [0.1, 0.15) is 18.5 Å². The Morgan fingerprint density at radius 2 is 1.92 bits per heavy atom. The van der Waals surface area contributed by atoms with Crippen LogP contribution in [-0.2, 0) is 4.79 Å². The van der Waals surface area contributed by atoms with E-state index in [0.29, 0.717) is 61.4 Å². The van der Waals surface area contributed by atoms with Crippen molar-refractivity contribution in [3.63, 3.8) is 0 Å². The van der Waals surface area contributed by atoms with Crippen LogP contribution in [0.25, 0.3) is 11.4 Å². The molecule has 4 aromatic rings. The maximum Gasteiger partial charge on any atom is 0.255 e. The quantitative estimate of drug-likeness (QED) is 0.331. The molecule has 2 aromatic carbocycles. The van der Waals surface area contributed by atoms with E-state index < -0.39 is 6.04 Å². The Morgan fingerprint density at radius 3 is 2.62 bits per heavy atom. The first-order chi connectivity index (χ1) is 17.9. The zero-order valence-electron chi connectivity index (χ0n) is 20.1. The standard InChI is InChI=1S/C26H22Cl2N6O3/c1-14-21(25(35)31-16-6-5-11-29-13-16)22(17-7-4-8-20(36-2)23(17)37-3)34-26(30-14)32-24(33-34)15-9-10-18(27)19(28)12-15/h4-13,22H,1-3H3,(H,31,35)(H,30,32,33). The lowest BCUT2D eigenvalue weighted by atomic mass is 9.94. The summed E-state index contributed by atoms with van der Waals surface area (Å²) in [7, 11) is 3.11. The Bertz CT molecular complexity index is 1520. The summed E-state index contributed by atoms with van der Waals surface area (Å²) < 4.78 is 12.9. The topological polar surface area (TPSA) is 103 Å². The molecule has 1 unspecified atom stereocenters. The largest absolute Gasteiger partial charge is 0.493 e. The number of carbonyl (C=O) groups excluding carboxylic acids is 1. The summed E-state index contributed by atoms with van der Waals surface area (Å²) in [6, 6.07) is 13.5. The van der Waals surface area contributed by atoms with Crippen LogP contribution in [0, 0.1) is 0 Å². The molecule has 11 heteroatoms. The highest BCUT2D eigenvalue weighted by Crippen LogP contribution is 2.43. The summed E-state index contributed by atoms with van der Waals surface area (Å²) >= 11 is 12.3. The second-order valence-corrected chi connectivity index (χ2v) is 8.99. The van der Waals surface area contributed by atoms with Crippen molar-refractivity contribution in [1.29, 1.82) is 0 Å². The van der Waals surface area contributed by atoms with Gasteiger partial charge in [-0.25, -0.2) is 4.68 Å². The van der Waals surface area contributed by atoms with Crippen molar-refractivity contribution in [3.05, 3.63) is 87.8 Å². The number of hydrogen-bond acceptors (Lipinski definition) is 7. The minimum atomic E-state index is -0.693. The van der Waals surface area contributed by atoms with Crippen molar-refractivity contribution in [2.45, 2.75) is 13.0 Å². The number of ether oxygens (including phenoxy) is 2. The molecule has 2 N–H and O–H groups in total. The van der Waals surface area contributed by atoms with Crippen molar-refractivity contribution < 1.29 is 14.3 Å². The lowest BCUT2D eigenvalue weighted by Crippen LogP contribution is -2.31. The number of rotatable bonds is 6. The molecule has 37 heavy (non-hydrogen) atoms. The van der Waals surface area contributed by atoms with E-state index in [2.05, 4.69) is 20.6 Å². The highest BCUT2D eigenvalue weighted by Gasteiger charge is 2.37. The van der Waals surface area contributed by atoms with E-state index in [1.807, 2.05) is 19.1 Å².